The van der Waals surface area contributed by atoms with E-state index >= 15 is 0 Å². The molecular formula is C24H27ClN4O3S. The van der Waals surface area contributed by atoms with Crippen LogP contribution in [-0.4, -0.2) is 60.4 Å². The summed E-state index contributed by atoms with van der Waals surface area (Å²) in [5.74, 6) is 2.10. The van der Waals surface area contributed by atoms with Gasteiger partial charge in [0.1, 0.15) is 5.04 Å². The molecule has 0 atom stereocenters. The third-order valence-electron chi connectivity index (χ3n) is 5.72. The number of benzene rings is 2. The minimum absolute atomic E-state index is 0.149. The molecule has 2 aromatic rings. The van der Waals surface area contributed by atoms with Gasteiger partial charge in [-0.05, 0) is 30.0 Å². The van der Waals surface area contributed by atoms with Crippen LogP contribution >= 0.6 is 23.4 Å². The highest BCUT2D eigenvalue weighted by atomic mass is 35.5. The zero-order chi connectivity index (χ0) is 23.4. The molecule has 2 aliphatic rings. The first-order valence-corrected chi connectivity index (χ1v) is 12.2. The highest BCUT2D eigenvalue weighted by molar-refractivity contribution is 8.15. The molecule has 2 heterocycles. The molecule has 0 saturated carbocycles. The first-order valence-electron chi connectivity index (χ1n) is 10.8. The number of urea groups is 1. The van der Waals surface area contributed by atoms with E-state index in [-0.39, 0.29) is 6.03 Å². The van der Waals surface area contributed by atoms with Crippen LogP contribution in [0.5, 0.6) is 11.5 Å². The summed E-state index contributed by atoms with van der Waals surface area (Å²) in [5.41, 5.74) is 2.08. The molecule has 4 rings (SSSR count). The predicted octanol–water partition coefficient (Wildman–Crippen LogP) is 5.34. The summed E-state index contributed by atoms with van der Waals surface area (Å²) in [6.07, 6.45) is 1.36. The van der Waals surface area contributed by atoms with E-state index in [1.165, 1.54) is 0 Å². The Kier molecular flexibility index (Phi) is 7.14. The van der Waals surface area contributed by atoms with Crippen LogP contribution in [0.2, 0.25) is 5.02 Å². The molecule has 0 bridgehead atoms. The van der Waals surface area contributed by atoms with Gasteiger partial charge in [-0.1, -0.05) is 30.7 Å². The fourth-order valence-electron chi connectivity index (χ4n) is 3.96. The lowest BCUT2D eigenvalue weighted by molar-refractivity contribution is 0.175. The number of hydrogen-bond donors (Lipinski definition) is 1. The van der Waals surface area contributed by atoms with Crippen molar-refractivity contribution >= 4 is 45.8 Å². The number of piperidine rings is 1. The van der Waals surface area contributed by atoms with Crippen LogP contribution in [0.15, 0.2) is 52.4 Å². The second kappa shape index (κ2) is 10.1. The van der Waals surface area contributed by atoms with Crippen molar-refractivity contribution in [2.24, 2.45) is 9.98 Å². The van der Waals surface area contributed by atoms with E-state index in [4.69, 9.17) is 31.1 Å². The van der Waals surface area contributed by atoms with Crippen LogP contribution in [0.25, 0.3) is 0 Å². The Morgan fingerprint density at radius 1 is 1.09 bits per heavy atom. The number of hydrogen-bond acceptors (Lipinski definition) is 6. The Labute approximate surface area is 203 Å². The lowest BCUT2D eigenvalue weighted by atomic mass is 9.98. The first-order chi connectivity index (χ1) is 16.0. The van der Waals surface area contributed by atoms with Crippen molar-refractivity contribution in [2.75, 3.05) is 38.4 Å². The number of likely N-dealkylation sites (tertiary alicyclic amines) is 1. The Morgan fingerprint density at radius 2 is 1.79 bits per heavy atom. The summed E-state index contributed by atoms with van der Waals surface area (Å²) in [6.45, 7) is 3.26. The molecule has 1 fully saturated rings. The van der Waals surface area contributed by atoms with Gasteiger partial charge >= 0.3 is 6.03 Å². The number of thioether (sulfide) groups is 1. The summed E-state index contributed by atoms with van der Waals surface area (Å²) in [7, 11) is 3.15. The van der Waals surface area contributed by atoms with Crippen molar-refractivity contribution < 1.29 is 14.3 Å². The molecule has 7 nitrogen and oxygen atoms in total. The van der Waals surface area contributed by atoms with Crippen LogP contribution in [0.3, 0.4) is 0 Å². The number of methoxy groups -OCH3 is 2. The molecular weight excluding hydrogens is 460 g/mol. The lowest BCUT2D eigenvalue weighted by Gasteiger charge is -2.35. The number of carbonyl (C=O) groups is 1. The fraction of sp³-hybridized carbons (Fsp3) is 0.375. The maximum absolute atomic E-state index is 12.9. The van der Waals surface area contributed by atoms with Gasteiger partial charge in [0.05, 0.1) is 19.9 Å². The highest BCUT2D eigenvalue weighted by Gasteiger charge is 2.40. The SMILES string of the molecule is CCSC1=NC2(CCN(C(=O)Nc3ccc(OC)c(OC)c3)CC2)N=C1c1ccc(Cl)cc1. The standard InChI is InChI=1S/C24H27ClN4O3S/c1-4-33-22-21(16-5-7-17(25)8-6-16)27-24(28-22)11-13-29(14-12-24)23(30)26-18-9-10-19(31-2)20(15-18)32-3/h5-10,15H,4,11-14H2,1-3H3,(H,26,30). The maximum Gasteiger partial charge on any atom is 0.321 e. The topological polar surface area (TPSA) is 75.5 Å². The largest absolute Gasteiger partial charge is 0.493 e. The van der Waals surface area contributed by atoms with Gasteiger partial charge in [0.2, 0.25) is 0 Å². The third-order valence-corrected chi connectivity index (χ3v) is 6.82. The molecule has 174 valence electrons. The Hall–Kier alpha value is -2.71. The van der Waals surface area contributed by atoms with Gasteiger partial charge in [-0.2, -0.15) is 0 Å². The van der Waals surface area contributed by atoms with Crippen molar-refractivity contribution in [3.8, 4) is 11.5 Å². The average molecular weight is 487 g/mol. The average Bonchev–Trinajstić information content (AvgIpc) is 3.17. The van der Waals surface area contributed by atoms with Gasteiger partial charge in [0, 0.05) is 48.3 Å². The lowest BCUT2D eigenvalue weighted by Crippen LogP contribution is -2.46. The number of aliphatic imine (C=N–C) groups is 2. The number of nitrogens with one attached hydrogen (secondary N) is 1. The van der Waals surface area contributed by atoms with E-state index in [0.29, 0.717) is 48.1 Å². The zero-order valence-corrected chi connectivity index (χ0v) is 20.5. The molecule has 0 radical (unpaired) electrons. The molecule has 2 aliphatic heterocycles. The molecule has 0 unspecified atom stereocenters. The van der Waals surface area contributed by atoms with Crippen LogP contribution in [0.1, 0.15) is 25.3 Å². The molecule has 1 N–H and O–H groups in total. The molecule has 1 saturated heterocycles. The van der Waals surface area contributed by atoms with Crippen molar-refractivity contribution in [3.05, 3.63) is 53.1 Å². The van der Waals surface area contributed by atoms with E-state index in [1.54, 1.807) is 49.1 Å². The number of carbonyl (C=O) groups excluding carboxylic acids is 1. The number of rotatable bonds is 5. The van der Waals surface area contributed by atoms with Gasteiger partial charge in [0.25, 0.3) is 0 Å². The van der Waals surface area contributed by atoms with Crippen molar-refractivity contribution in [1.29, 1.82) is 0 Å². The molecule has 0 aromatic heterocycles. The zero-order valence-electron chi connectivity index (χ0n) is 18.9. The summed E-state index contributed by atoms with van der Waals surface area (Å²) >= 11 is 7.76. The van der Waals surface area contributed by atoms with E-state index in [1.807, 2.05) is 24.3 Å². The van der Waals surface area contributed by atoms with Gasteiger partial charge in [-0.3, -0.25) is 4.99 Å². The van der Waals surface area contributed by atoms with Gasteiger partial charge in [0.15, 0.2) is 17.2 Å². The summed E-state index contributed by atoms with van der Waals surface area (Å²) in [4.78, 5) is 24.8. The number of amides is 2. The Morgan fingerprint density at radius 3 is 2.42 bits per heavy atom. The third kappa shape index (κ3) is 5.12. The first kappa shape index (κ1) is 23.4. The van der Waals surface area contributed by atoms with E-state index in [9.17, 15) is 4.79 Å². The van der Waals surface area contributed by atoms with E-state index in [2.05, 4.69) is 12.2 Å². The second-order valence-electron chi connectivity index (χ2n) is 7.79. The minimum Gasteiger partial charge on any atom is -0.493 e. The number of halogens is 1. The van der Waals surface area contributed by atoms with Crippen LogP contribution in [0.4, 0.5) is 10.5 Å². The molecule has 2 amide bonds. The van der Waals surface area contributed by atoms with Crippen LogP contribution in [0, 0.1) is 0 Å². The van der Waals surface area contributed by atoms with Crippen molar-refractivity contribution in [3.63, 3.8) is 0 Å². The van der Waals surface area contributed by atoms with Crippen molar-refractivity contribution in [2.45, 2.75) is 25.4 Å². The summed E-state index contributed by atoms with van der Waals surface area (Å²) in [5, 5.41) is 4.61. The van der Waals surface area contributed by atoms with Gasteiger partial charge in [-0.25, -0.2) is 9.79 Å². The van der Waals surface area contributed by atoms with E-state index in [0.717, 1.165) is 22.1 Å². The fourth-order valence-corrected chi connectivity index (χ4v) is 4.90. The Bertz CT molecular complexity index is 1080. The van der Waals surface area contributed by atoms with Gasteiger partial charge < -0.3 is 19.7 Å². The molecule has 33 heavy (non-hydrogen) atoms. The quantitative estimate of drug-likeness (QED) is 0.619. The monoisotopic (exact) mass is 486 g/mol. The predicted molar refractivity (Wildman–Crippen MR) is 136 cm³/mol. The summed E-state index contributed by atoms with van der Waals surface area (Å²) in [6, 6.07) is 12.9. The van der Waals surface area contributed by atoms with Gasteiger partial charge in [-0.15, -0.1) is 11.8 Å². The van der Waals surface area contributed by atoms with Crippen LogP contribution < -0.4 is 14.8 Å². The number of ether oxygens (including phenoxy) is 2. The number of nitrogens with zero attached hydrogens (tertiary/aromatic N) is 3. The molecule has 9 heteroatoms. The second-order valence-corrected chi connectivity index (χ2v) is 9.48. The van der Waals surface area contributed by atoms with Crippen LogP contribution in [-0.2, 0) is 0 Å². The molecule has 2 aromatic carbocycles. The number of anilines is 1. The molecule has 1 spiro atoms. The van der Waals surface area contributed by atoms with Crippen molar-refractivity contribution in [1.82, 2.24) is 4.90 Å². The normalized spacial score (nSPS) is 16.9. The molecule has 0 aliphatic carbocycles. The Balaban J connectivity index is 1.45. The maximum atomic E-state index is 12.9. The van der Waals surface area contributed by atoms with E-state index < -0.39 is 5.66 Å². The highest BCUT2D eigenvalue weighted by Crippen LogP contribution is 2.36. The minimum atomic E-state index is -0.507. The smallest absolute Gasteiger partial charge is 0.321 e. The summed E-state index contributed by atoms with van der Waals surface area (Å²) < 4.78 is 10.6.